The third-order valence-corrected chi connectivity index (χ3v) is 3.99. The van der Waals surface area contributed by atoms with Gasteiger partial charge in [-0.3, -0.25) is 4.79 Å². The second-order valence-corrected chi connectivity index (χ2v) is 5.94. The van der Waals surface area contributed by atoms with Crippen molar-refractivity contribution in [3.8, 4) is 0 Å². The first-order valence-electron chi connectivity index (χ1n) is 7.03. The number of halogens is 2. The van der Waals surface area contributed by atoms with Crippen molar-refractivity contribution in [3.63, 3.8) is 0 Å². The smallest absolute Gasteiger partial charge is 0.239 e. The van der Waals surface area contributed by atoms with Crippen molar-refractivity contribution in [1.29, 1.82) is 0 Å². The Morgan fingerprint density at radius 3 is 2.70 bits per heavy atom. The van der Waals surface area contributed by atoms with Crippen LogP contribution in [0.4, 0.5) is 10.1 Å². The summed E-state index contributed by atoms with van der Waals surface area (Å²) in [4.78, 5) is 11.8. The van der Waals surface area contributed by atoms with E-state index in [0.29, 0.717) is 10.7 Å². The van der Waals surface area contributed by atoms with E-state index < -0.39 is 5.82 Å². The molecule has 3 nitrogen and oxygen atoms in total. The molecule has 0 aliphatic heterocycles. The van der Waals surface area contributed by atoms with E-state index in [0.717, 1.165) is 31.6 Å². The van der Waals surface area contributed by atoms with Crippen LogP contribution >= 0.6 is 11.6 Å². The van der Waals surface area contributed by atoms with Crippen molar-refractivity contribution in [2.45, 2.75) is 38.6 Å². The fraction of sp³-hybridized carbons (Fsp3) is 0.533. The normalized spacial score (nSPS) is 22.4. The van der Waals surface area contributed by atoms with Gasteiger partial charge in [-0.2, -0.15) is 0 Å². The lowest BCUT2D eigenvalue weighted by Gasteiger charge is -2.27. The first kappa shape index (κ1) is 15.1. The zero-order valence-corrected chi connectivity index (χ0v) is 12.3. The predicted molar refractivity (Wildman–Crippen MR) is 79.5 cm³/mol. The van der Waals surface area contributed by atoms with E-state index in [9.17, 15) is 9.18 Å². The monoisotopic (exact) mass is 298 g/mol. The van der Waals surface area contributed by atoms with Crippen molar-refractivity contribution in [3.05, 3.63) is 29.0 Å². The van der Waals surface area contributed by atoms with Gasteiger partial charge in [0.05, 0.1) is 12.2 Å². The summed E-state index contributed by atoms with van der Waals surface area (Å²) < 4.78 is 13.5. The minimum atomic E-state index is -0.447. The van der Waals surface area contributed by atoms with Crippen molar-refractivity contribution in [2.75, 3.05) is 11.9 Å². The number of rotatable bonds is 4. The number of nitrogens with one attached hydrogen (secondary N) is 2. The highest BCUT2D eigenvalue weighted by Gasteiger charge is 2.19. The fourth-order valence-corrected chi connectivity index (χ4v) is 2.65. The van der Waals surface area contributed by atoms with Crippen LogP contribution in [0.15, 0.2) is 18.2 Å². The molecule has 110 valence electrons. The molecule has 2 rings (SSSR count). The van der Waals surface area contributed by atoms with Crippen LogP contribution < -0.4 is 10.6 Å². The molecule has 1 amide bonds. The topological polar surface area (TPSA) is 41.1 Å². The SMILES string of the molecule is CC1CCC(NC(=O)CNc2ccc(Cl)cc2F)CC1. The number of benzene rings is 1. The highest BCUT2D eigenvalue weighted by Crippen LogP contribution is 2.23. The van der Waals surface area contributed by atoms with Crippen molar-refractivity contribution in [2.24, 2.45) is 5.92 Å². The van der Waals surface area contributed by atoms with Crippen LogP contribution in [0.25, 0.3) is 0 Å². The average molecular weight is 299 g/mol. The number of anilines is 1. The first-order valence-corrected chi connectivity index (χ1v) is 7.40. The summed E-state index contributed by atoms with van der Waals surface area (Å²) in [5.74, 6) is 0.208. The average Bonchev–Trinajstić information content (AvgIpc) is 2.40. The van der Waals surface area contributed by atoms with Crippen LogP contribution in [0.5, 0.6) is 0 Å². The Kier molecular flexibility index (Phi) is 5.24. The maximum Gasteiger partial charge on any atom is 0.239 e. The molecular formula is C15H20ClFN2O. The molecule has 1 aliphatic rings. The largest absolute Gasteiger partial charge is 0.374 e. The molecule has 1 aliphatic carbocycles. The molecule has 0 spiro atoms. The Morgan fingerprint density at radius 1 is 1.35 bits per heavy atom. The lowest BCUT2D eigenvalue weighted by Crippen LogP contribution is -2.40. The molecule has 1 aromatic rings. The second-order valence-electron chi connectivity index (χ2n) is 5.50. The van der Waals surface area contributed by atoms with Crippen LogP contribution in [0.3, 0.4) is 0 Å². The number of hydrogen-bond donors (Lipinski definition) is 2. The van der Waals surface area contributed by atoms with Gasteiger partial charge in [0.15, 0.2) is 0 Å². The summed E-state index contributed by atoms with van der Waals surface area (Å²) in [6.45, 7) is 2.31. The standard InChI is InChI=1S/C15H20ClFN2O/c1-10-2-5-12(6-3-10)19-15(20)9-18-14-7-4-11(16)8-13(14)17/h4,7-8,10,12,18H,2-3,5-6,9H2,1H3,(H,19,20). The van der Waals surface area contributed by atoms with Crippen molar-refractivity contribution >= 4 is 23.2 Å². The molecule has 0 heterocycles. The molecule has 20 heavy (non-hydrogen) atoms. The lowest BCUT2D eigenvalue weighted by molar-refractivity contribution is -0.120. The molecule has 1 fully saturated rings. The Balaban J connectivity index is 1.77. The number of carbonyl (C=O) groups is 1. The third kappa shape index (κ3) is 4.37. The Bertz CT molecular complexity index is 473. The van der Waals surface area contributed by atoms with Crippen LogP contribution in [-0.4, -0.2) is 18.5 Å². The minimum Gasteiger partial charge on any atom is -0.374 e. The van der Waals surface area contributed by atoms with Gasteiger partial charge >= 0.3 is 0 Å². The van der Waals surface area contributed by atoms with Crippen LogP contribution in [0.1, 0.15) is 32.6 Å². The zero-order chi connectivity index (χ0) is 14.5. The second kappa shape index (κ2) is 6.93. The summed E-state index contributed by atoms with van der Waals surface area (Å²) in [7, 11) is 0. The third-order valence-electron chi connectivity index (χ3n) is 3.75. The van der Waals surface area contributed by atoms with E-state index in [4.69, 9.17) is 11.6 Å². The summed E-state index contributed by atoms with van der Waals surface area (Å²) in [5, 5.41) is 6.12. The van der Waals surface area contributed by atoms with Crippen LogP contribution in [-0.2, 0) is 4.79 Å². The van der Waals surface area contributed by atoms with Crippen LogP contribution in [0.2, 0.25) is 5.02 Å². The van der Waals surface area contributed by atoms with Crippen molar-refractivity contribution < 1.29 is 9.18 Å². The molecule has 1 aromatic carbocycles. The van der Waals surface area contributed by atoms with Gasteiger partial charge in [-0.15, -0.1) is 0 Å². The van der Waals surface area contributed by atoms with Gasteiger partial charge in [-0.05, 0) is 49.8 Å². The van der Waals surface area contributed by atoms with E-state index in [-0.39, 0.29) is 18.5 Å². The summed E-state index contributed by atoms with van der Waals surface area (Å²) in [5.41, 5.74) is 0.293. The van der Waals surface area contributed by atoms with Gasteiger partial charge in [0.2, 0.25) is 5.91 Å². The van der Waals surface area contributed by atoms with E-state index in [1.54, 1.807) is 6.07 Å². The predicted octanol–water partition coefficient (Wildman–Crippen LogP) is 3.59. The van der Waals surface area contributed by atoms with E-state index in [1.165, 1.54) is 12.1 Å². The number of amides is 1. The highest BCUT2D eigenvalue weighted by atomic mass is 35.5. The molecule has 0 bridgehead atoms. The van der Waals surface area contributed by atoms with Crippen molar-refractivity contribution in [1.82, 2.24) is 5.32 Å². The Labute approximate surface area is 123 Å². The molecule has 5 heteroatoms. The highest BCUT2D eigenvalue weighted by molar-refractivity contribution is 6.30. The first-order chi connectivity index (χ1) is 9.54. The molecule has 1 saturated carbocycles. The van der Waals surface area contributed by atoms with E-state index >= 15 is 0 Å². The fourth-order valence-electron chi connectivity index (χ4n) is 2.49. The minimum absolute atomic E-state index is 0.0740. The van der Waals surface area contributed by atoms with Gasteiger partial charge in [-0.1, -0.05) is 18.5 Å². The molecule has 0 unspecified atom stereocenters. The van der Waals surface area contributed by atoms with Gasteiger partial charge < -0.3 is 10.6 Å². The maximum absolute atomic E-state index is 13.5. The van der Waals surface area contributed by atoms with Crippen LogP contribution in [0, 0.1) is 11.7 Å². The van der Waals surface area contributed by atoms with E-state index in [2.05, 4.69) is 17.6 Å². The Morgan fingerprint density at radius 2 is 2.05 bits per heavy atom. The molecule has 0 atom stereocenters. The number of hydrogen-bond acceptors (Lipinski definition) is 2. The molecule has 2 N–H and O–H groups in total. The van der Waals surface area contributed by atoms with Gasteiger partial charge in [0.1, 0.15) is 5.82 Å². The molecular weight excluding hydrogens is 279 g/mol. The number of carbonyl (C=O) groups excluding carboxylic acids is 1. The zero-order valence-electron chi connectivity index (χ0n) is 11.6. The Hall–Kier alpha value is -1.29. The van der Waals surface area contributed by atoms with E-state index in [1.807, 2.05) is 0 Å². The van der Waals surface area contributed by atoms with Gasteiger partial charge in [-0.25, -0.2) is 4.39 Å². The molecule has 0 radical (unpaired) electrons. The quantitative estimate of drug-likeness (QED) is 0.892. The lowest BCUT2D eigenvalue weighted by atomic mass is 9.87. The van der Waals surface area contributed by atoms with Gasteiger partial charge in [0.25, 0.3) is 0 Å². The molecule has 0 saturated heterocycles. The maximum atomic E-state index is 13.5. The summed E-state index contributed by atoms with van der Waals surface area (Å²) in [6.07, 6.45) is 4.37. The van der Waals surface area contributed by atoms with Gasteiger partial charge in [0, 0.05) is 11.1 Å². The summed E-state index contributed by atoms with van der Waals surface area (Å²) in [6, 6.07) is 4.61. The molecule has 0 aromatic heterocycles. The summed E-state index contributed by atoms with van der Waals surface area (Å²) >= 11 is 5.67.